The van der Waals surface area contributed by atoms with E-state index < -0.39 is 0 Å². The van der Waals surface area contributed by atoms with E-state index in [2.05, 4.69) is 37.3 Å². The van der Waals surface area contributed by atoms with Crippen LogP contribution in [0.4, 0.5) is 0 Å². The zero-order chi connectivity index (χ0) is 18.0. The first-order valence-electron chi connectivity index (χ1n) is 10.1. The number of likely N-dealkylation sites (N-methyl/N-ethyl adjacent to an activating group) is 1. The molecule has 1 amide bonds. The van der Waals surface area contributed by atoms with E-state index in [1.807, 2.05) is 0 Å². The number of carbonyl (C=O) groups excluding carboxylic acids is 1. The highest BCUT2D eigenvalue weighted by atomic mass is 16.2. The van der Waals surface area contributed by atoms with Crippen molar-refractivity contribution in [2.75, 3.05) is 46.3 Å². The molecule has 2 aliphatic heterocycles. The normalized spacial score (nSPS) is 28.7. The van der Waals surface area contributed by atoms with E-state index in [-0.39, 0.29) is 5.54 Å². The van der Waals surface area contributed by atoms with Crippen molar-refractivity contribution in [3.05, 3.63) is 6.33 Å². The molecule has 1 aromatic heterocycles. The summed E-state index contributed by atoms with van der Waals surface area (Å²) in [4.78, 5) is 19.8. The first-order valence-corrected chi connectivity index (χ1v) is 10.1. The number of carbonyl (C=O) groups is 1. The summed E-state index contributed by atoms with van der Waals surface area (Å²) < 4.78 is 1.80. The quantitative estimate of drug-likeness (QED) is 0.734. The molecule has 1 spiro atoms. The number of tetrazole rings is 1. The largest absolute Gasteiger partial charge is 0.342 e. The number of hydrogen-bond acceptors (Lipinski definition) is 6. The van der Waals surface area contributed by atoms with Crippen LogP contribution in [0.2, 0.25) is 0 Å². The molecule has 4 rings (SSSR count). The van der Waals surface area contributed by atoms with Gasteiger partial charge in [-0.15, -0.1) is 5.10 Å². The highest BCUT2D eigenvalue weighted by molar-refractivity contribution is 5.76. The zero-order valence-electron chi connectivity index (χ0n) is 15.9. The smallest absolute Gasteiger partial charge is 0.222 e. The van der Waals surface area contributed by atoms with Gasteiger partial charge in [-0.2, -0.15) is 0 Å². The molecule has 0 aromatic carbocycles. The summed E-state index contributed by atoms with van der Waals surface area (Å²) >= 11 is 0. The molecule has 8 nitrogen and oxygen atoms in total. The summed E-state index contributed by atoms with van der Waals surface area (Å²) in [5, 5.41) is 11.3. The molecular weight excluding hydrogens is 330 g/mol. The van der Waals surface area contributed by atoms with Gasteiger partial charge in [-0.3, -0.25) is 9.69 Å². The number of aromatic nitrogens is 4. The van der Waals surface area contributed by atoms with Gasteiger partial charge in [0, 0.05) is 57.8 Å². The van der Waals surface area contributed by atoms with E-state index in [9.17, 15) is 4.79 Å². The van der Waals surface area contributed by atoms with Crippen LogP contribution in [-0.4, -0.2) is 92.7 Å². The van der Waals surface area contributed by atoms with Crippen molar-refractivity contribution in [2.24, 2.45) is 5.92 Å². The summed E-state index contributed by atoms with van der Waals surface area (Å²) in [6.45, 7) is 7.11. The third-order valence-electron chi connectivity index (χ3n) is 6.51. The molecule has 3 heterocycles. The number of piperazine rings is 1. The van der Waals surface area contributed by atoms with Gasteiger partial charge in [0.05, 0.1) is 0 Å². The number of hydrogen-bond donors (Lipinski definition) is 0. The summed E-state index contributed by atoms with van der Waals surface area (Å²) in [5.74, 6) is 1.15. The van der Waals surface area contributed by atoms with Crippen LogP contribution in [0.5, 0.6) is 0 Å². The Balaban J connectivity index is 1.33. The van der Waals surface area contributed by atoms with Gasteiger partial charge in [-0.1, -0.05) is 0 Å². The SMILES string of the molecule is CN1CCN(CCCn2cnnn2)C[C@]12CCC(=O)N(CC1CC1)CC2. The van der Waals surface area contributed by atoms with Gasteiger partial charge in [-0.25, -0.2) is 4.68 Å². The fourth-order valence-electron chi connectivity index (χ4n) is 4.51. The Morgan fingerprint density at radius 3 is 2.85 bits per heavy atom. The number of rotatable bonds is 6. The van der Waals surface area contributed by atoms with E-state index in [0.717, 1.165) is 71.0 Å². The summed E-state index contributed by atoms with van der Waals surface area (Å²) in [5.41, 5.74) is 0.154. The molecular formula is C18H31N7O. The lowest BCUT2D eigenvalue weighted by molar-refractivity contribution is -0.131. The number of aryl methyl sites for hydroxylation is 1. The molecule has 3 aliphatic rings. The first-order chi connectivity index (χ1) is 12.6. The molecule has 0 N–H and O–H groups in total. The maximum Gasteiger partial charge on any atom is 0.222 e. The van der Waals surface area contributed by atoms with Crippen molar-refractivity contribution in [2.45, 2.75) is 50.6 Å². The minimum Gasteiger partial charge on any atom is -0.342 e. The third kappa shape index (κ3) is 4.06. The Labute approximate surface area is 155 Å². The summed E-state index contributed by atoms with van der Waals surface area (Å²) in [6, 6.07) is 0. The highest BCUT2D eigenvalue weighted by Gasteiger charge is 2.42. The van der Waals surface area contributed by atoms with Gasteiger partial charge in [0.15, 0.2) is 0 Å². The fourth-order valence-corrected chi connectivity index (χ4v) is 4.51. The van der Waals surface area contributed by atoms with Crippen molar-refractivity contribution in [1.29, 1.82) is 0 Å². The second kappa shape index (κ2) is 7.60. The van der Waals surface area contributed by atoms with E-state index in [0.29, 0.717) is 12.3 Å². The van der Waals surface area contributed by atoms with Crippen LogP contribution in [-0.2, 0) is 11.3 Å². The maximum atomic E-state index is 12.6. The second-order valence-electron chi connectivity index (χ2n) is 8.38. The molecule has 2 saturated heterocycles. The monoisotopic (exact) mass is 361 g/mol. The van der Waals surface area contributed by atoms with Crippen LogP contribution < -0.4 is 0 Å². The van der Waals surface area contributed by atoms with Gasteiger partial charge in [0.25, 0.3) is 0 Å². The summed E-state index contributed by atoms with van der Waals surface area (Å²) in [6.07, 6.45) is 8.15. The van der Waals surface area contributed by atoms with Gasteiger partial charge in [-0.05, 0) is 55.5 Å². The van der Waals surface area contributed by atoms with E-state index in [1.54, 1.807) is 11.0 Å². The first kappa shape index (κ1) is 17.9. The molecule has 1 saturated carbocycles. The lowest BCUT2D eigenvalue weighted by atomic mass is 9.86. The van der Waals surface area contributed by atoms with Gasteiger partial charge in [0.2, 0.25) is 5.91 Å². The molecule has 1 atom stereocenters. The molecule has 3 fully saturated rings. The predicted molar refractivity (Wildman–Crippen MR) is 97.4 cm³/mol. The molecule has 8 heteroatoms. The Bertz CT molecular complexity index is 603. The zero-order valence-corrected chi connectivity index (χ0v) is 15.9. The Hall–Kier alpha value is -1.54. The van der Waals surface area contributed by atoms with E-state index in [1.165, 1.54) is 12.8 Å². The van der Waals surface area contributed by atoms with Gasteiger partial charge < -0.3 is 9.80 Å². The van der Waals surface area contributed by atoms with Crippen LogP contribution in [0.1, 0.15) is 38.5 Å². The molecule has 1 aliphatic carbocycles. The second-order valence-corrected chi connectivity index (χ2v) is 8.38. The topological polar surface area (TPSA) is 70.4 Å². The highest BCUT2D eigenvalue weighted by Crippen LogP contribution is 2.35. The average molecular weight is 361 g/mol. The van der Waals surface area contributed by atoms with Crippen molar-refractivity contribution in [3.8, 4) is 0 Å². The van der Waals surface area contributed by atoms with Crippen LogP contribution in [0.15, 0.2) is 6.33 Å². The van der Waals surface area contributed by atoms with Crippen molar-refractivity contribution >= 4 is 5.91 Å². The van der Waals surface area contributed by atoms with E-state index in [4.69, 9.17) is 0 Å². The number of amides is 1. The molecule has 26 heavy (non-hydrogen) atoms. The number of nitrogens with zero attached hydrogens (tertiary/aromatic N) is 7. The average Bonchev–Trinajstić information content (AvgIpc) is 3.34. The Morgan fingerprint density at radius 2 is 2.08 bits per heavy atom. The number of likely N-dealkylation sites (tertiary alicyclic amines) is 1. The molecule has 0 radical (unpaired) electrons. The molecule has 1 aromatic rings. The molecule has 0 unspecified atom stereocenters. The third-order valence-corrected chi connectivity index (χ3v) is 6.51. The van der Waals surface area contributed by atoms with Crippen molar-refractivity contribution in [1.82, 2.24) is 34.9 Å². The molecule has 144 valence electrons. The lowest BCUT2D eigenvalue weighted by Gasteiger charge is -2.49. The van der Waals surface area contributed by atoms with E-state index >= 15 is 0 Å². The Morgan fingerprint density at radius 1 is 1.19 bits per heavy atom. The Kier molecular flexibility index (Phi) is 5.22. The van der Waals surface area contributed by atoms with Crippen molar-refractivity contribution in [3.63, 3.8) is 0 Å². The van der Waals surface area contributed by atoms with Crippen LogP contribution in [0, 0.1) is 5.92 Å². The lowest BCUT2D eigenvalue weighted by Crippen LogP contribution is -2.61. The standard InChI is InChI=1S/C18H31N7O/c1-22-11-12-23(8-2-9-25-15-19-20-21-25)14-18(22)6-5-17(26)24(10-7-18)13-16-3-4-16/h15-16H,2-14H2,1H3/t18-/m1/s1. The van der Waals surface area contributed by atoms with Crippen LogP contribution in [0.3, 0.4) is 0 Å². The predicted octanol–water partition coefficient (Wildman–Crippen LogP) is 0.472. The van der Waals surface area contributed by atoms with Crippen molar-refractivity contribution < 1.29 is 4.79 Å². The van der Waals surface area contributed by atoms with Gasteiger partial charge in [0.1, 0.15) is 6.33 Å². The van der Waals surface area contributed by atoms with Crippen LogP contribution in [0.25, 0.3) is 0 Å². The maximum absolute atomic E-state index is 12.6. The minimum atomic E-state index is 0.154. The van der Waals surface area contributed by atoms with Gasteiger partial charge >= 0.3 is 0 Å². The fraction of sp³-hybridized carbons (Fsp3) is 0.889. The summed E-state index contributed by atoms with van der Waals surface area (Å²) in [7, 11) is 2.25. The minimum absolute atomic E-state index is 0.154. The molecule has 0 bridgehead atoms. The van der Waals surface area contributed by atoms with Crippen LogP contribution >= 0.6 is 0 Å².